The normalized spacial score (nSPS) is 12.8. The highest BCUT2D eigenvalue weighted by atomic mass is 79.9. The van der Waals surface area contributed by atoms with E-state index in [0.717, 1.165) is 14.5 Å². The molecule has 8 heteroatoms. The van der Waals surface area contributed by atoms with Gasteiger partial charge in [-0.15, -0.1) is 0 Å². The van der Waals surface area contributed by atoms with Gasteiger partial charge in [0.05, 0.1) is 5.56 Å². The SMILES string of the molecule is CC(C)(C)C(O)(c1ccc(Br)cc1)c1cncnc1.O=C(c1ccc(Br)cc1)c1cncnc1. The second-order valence-corrected chi connectivity index (χ2v) is 10.4. The van der Waals surface area contributed by atoms with E-state index in [1.807, 2.05) is 57.2 Å². The number of nitrogens with zero attached hydrogens (tertiary/aromatic N) is 4. The molecule has 0 aliphatic carbocycles. The molecule has 0 aliphatic heterocycles. The zero-order valence-electron chi connectivity index (χ0n) is 19.0. The molecule has 0 spiro atoms. The van der Waals surface area contributed by atoms with Crippen LogP contribution in [-0.2, 0) is 5.60 Å². The molecule has 0 saturated carbocycles. The number of hydrogen-bond acceptors (Lipinski definition) is 6. The molecule has 1 unspecified atom stereocenters. The maximum atomic E-state index is 11.9. The highest BCUT2D eigenvalue weighted by molar-refractivity contribution is 9.10. The third-order valence-electron chi connectivity index (χ3n) is 5.25. The number of ketones is 1. The van der Waals surface area contributed by atoms with Gasteiger partial charge in [0.15, 0.2) is 5.78 Å². The van der Waals surface area contributed by atoms with Gasteiger partial charge in [0.1, 0.15) is 18.3 Å². The maximum Gasteiger partial charge on any atom is 0.196 e. The quantitative estimate of drug-likeness (QED) is 0.297. The van der Waals surface area contributed by atoms with E-state index in [0.29, 0.717) is 16.7 Å². The zero-order chi connectivity index (χ0) is 24.8. The molecule has 2 heterocycles. The third-order valence-corrected chi connectivity index (χ3v) is 6.31. The molecular weight excluding hydrogens is 560 g/mol. The van der Waals surface area contributed by atoms with Crippen LogP contribution in [0.3, 0.4) is 0 Å². The van der Waals surface area contributed by atoms with E-state index in [-0.39, 0.29) is 11.2 Å². The van der Waals surface area contributed by atoms with Crippen LogP contribution in [0.4, 0.5) is 0 Å². The van der Waals surface area contributed by atoms with E-state index in [2.05, 4.69) is 51.8 Å². The second kappa shape index (κ2) is 11.1. The van der Waals surface area contributed by atoms with E-state index in [4.69, 9.17) is 0 Å². The molecule has 2 aromatic carbocycles. The number of carbonyl (C=O) groups is 1. The summed E-state index contributed by atoms with van der Waals surface area (Å²) in [6.07, 6.45) is 9.22. The van der Waals surface area contributed by atoms with Crippen molar-refractivity contribution >= 4 is 37.6 Å². The minimum absolute atomic E-state index is 0.0666. The van der Waals surface area contributed by atoms with E-state index in [1.165, 1.54) is 25.0 Å². The van der Waals surface area contributed by atoms with Crippen molar-refractivity contribution in [1.29, 1.82) is 0 Å². The Morgan fingerprint density at radius 1 is 0.676 bits per heavy atom. The predicted octanol–water partition coefficient (Wildman–Crippen LogP) is 5.99. The number of aliphatic hydroxyl groups is 1. The Balaban J connectivity index is 0.000000196. The first-order valence-corrected chi connectivity index (χ1v) is 12.0. The van der Waals surface area contributed by atoms with E-state index < -0.39 is 5.60 Å². The molecule has 6 nitrogen and oxygen atoms in total. The van der Waals surface area contributed by atoms with Crippen molar-refractivity contribution < 1.29 is 9.90 Å². The first-order valence-electron chi connectivity index (χ1n) is 10.4. The summed E-state index contributed by atoms with van der Waals surface area (Å²) < 4.78 is 1.93. The van der Waals surface area contributed by atoms with Crippen molar-refractivity contribution in [2.75, 3.05) is 0 Å². The summed E-state index contributed by atoms with van der Waals surface area (Å²) in [4.78, 5) is 27.5. The first-order chi connectivity index (χ1) is 16.1. The average Bonchev–Trinajstić information content (AvgIpc) is 2.85. The molecule has 4 rings (SSSR count). The van der Waals surface area contributed by atoms with Crippen LogP contribution < -0.4 is 0 Å². The van der Waals surface area contributed by atoms with Crippen LogP contribution in [0.2, 0.25) is 0 Å². The lowest BCUT2D eigenvalue weighted by atomic mass is 9.69. The van der Waals surface area contributed by atoms with E-state index in [9.17, 15) is 9.90 Å². The minimum atomic E-state index is -1.13. The monoisotopic (exact) mass is 582 g/mol. The molecule has 0 radical (unpaired) electrons. The van der Waals surface area contributed by atoms with Gasteiger partial charge in [-0.05, 0) is 47.4 Å². The summed E-state index contributed by atoms with van der Waals surface area (Å²) in [5.74, 6) is -0.0666. The topological polar surface area (TPSA) is 88.9 Å². The van der Waals surface area contributed by atoms with E-state index >= 15 is 0 Å². The zero-order valence-corrected chi connectivity index (χ0v) is 22.2. The molecular formula is C26H24Br2N4O2. The lowest BCUT2D eigenvalue weighted by Crippen LogP contribution is -2.41. The summed E-state index contributed by atoms with van der Waals surface area (Å²) in [6.45, 7) is 6.01. The fourth-order valence-corrected chi connectivity index (χ4v) is 3.92. The molecule has 0 amide bonds. The van der Waals surface area contributed by atoms with Gasteiger partial charge in [0.25, 0.3) is 0 Å². The van der Waals surface area contributed by atoms with Gasteiger partial charge in [-0.3, -0.25) is 4.79 Å². The number of hydrogen-bond donors (Lipinski definition) is 1. The van der Waals surface area contributed by atoms with Crippen LogP contribution in [0.1, 0.15) is 47.8 Å². The fraction of sp³-hybridized carbons (Fsp3) is 0.192. The largest absolute Gasteiger partial charge is 0.380 e. The molecule has 34 heavy (non-hydrogen) atoms. The lowest BCUT2D eigenvalue weighted by molar-refractivity contribution is -0.0265. The van der Waals surface area contributed by atoms with Crippen LogP contribution in [0.5, 0.6) is 0 Å². The van der Waals surface area contributed by atoms with Gasteiger partial charge < -0.3 is 5.11 Å². The summed E-state index contributed by atoms with van der Waals surface area (Å²) in [5, 5.41) is 11.3. The Labute approximate surface area is 215 Å². The Kier molecular flexibility index (Phi) is 8.41. The Bertz CT molecular complexity index is 1210. The minimum Gasteiger partial charge on any atom is -0.380 e. The molecule has 2 aromatic heterocycles. The first kappa shape index (κ1) is 25.8. The summed E-state index contributed by atoms with van der Waals surface area (Å²) in [6, 6.07) is 14.9. The Morgan fingerprint density at radius 3 is 1.59 bits per heavy atom. The highest BCUT2D eigenvalue weighted by Gasteiger charge is 2.43. The van der Waals surface area contributed by atoms with Crippen LogP contribution >= 0.6 is 31.9 Å². The van der Waals surface area contributed by atoms with Crippen LogP contribution in [0, 0.1) is 5.41 Å². The standard InChI is InChI=1S/C15H17BrN2O.C11H7BrN2O/c1-14(2,3)15(19,12-8-17-10-18-9-12)11-4-6-13(16)7-5-11;12-10-3-1-8(2-4-10)11(15)9-5-13-7-14-6-9/h4-10,19H,1-3H3;1-7H. The fourth-order valence-electron chi connectivity index (χ4n) is 3.39. The summed E-state index contributed by atoms with van der Waals surface area (Å²) in [5.41, 5.74) is 1.15. The van der Waals surface area contributed by atoms with E-state index in [1.54, 1.807) is 24.5 Å². The molecule has 1 N–H and O–H groups in total. The van der Waals surface area contributed by atoms with Crippen molar-refractivity contribution in [2.45, 2.75) is 26.4 Å². The average molecular weight is 584 g/mol. The molecule has 4 aromatic rings. The molecule has 0 bridgehead atoms. The van der Waals surface area contributed by atoms with Gasteiger partial charge >= 0.3 is 0 Å². The molecule has 174 valence electrons. The number of halogens is 2. The maximum absolute atomic E-state index is 11.9. The molecule has 0 fully saturated rings. The summed E-state index contributed by atoms with van der Waals surface area (Å²) in [7, 11) is 0. The number of carbonyl (C=O) groups excluding carboxylic acids is 1. The molecule has 0 aliphatic rings. The summed E-state index contributed by atoms with van der Waals surface area (Å²) >= 11 is 6.73. The predicted molar refractivity (Wildman–Crippen MR) is 138 cm³/mol. The lowest BCUT2D eigenvalue weighted by Gasteiger charge is -2.40. The van der Waals surface area contributed by atoms with Crippen molar-refractivity contribution in [3.05, 3.63) is 117 Å². The number of rotatable bonds is 4. The van der Waals surface area contributed by atoms with Crippen LogP contribution in [-0.4, -0.2) is 30.8 Å². The van der Waals surface area contributed by atoms with Crippen molar-refractivity contribution in [1.82, 2.24) is 19.9 Å². The molecule has 0 saturated heterocycles. The Morgan fingerprint density at radius 2 is 1.12 bits per heavy atom. The smallest absolute Gasteiger partial charge is 0.196 e. The number of aromatic nitrogens is 4. The van der Waals surface area contributed by atoms with Gasteiger partial charge in [0, 0.05) is 44.9 Å². The number of benzene rings is 2. The second-order valence-electron chi connectivity index (χ2n) is 8.56. The van der Waals surface area contributed by atoms with Crippen LogP contribution in [0.25, 0.3) is 0 Å². The Hall–Kier alpha value is -2.81. The van der Waals surface area contributed by atoms with Gasteiger partial charge in [-0.25, -0.2) is 19.9 Å². The van der Waals surface area contributed by atoms with Crippen LogP contribution in [0.15, 0.2) is 94.9 Å². The third kappa shape index (κ3) is 6.00. The van der Waals surface area contributed by atoms with Gasteiger partial charge in [0.2, 0.25) is 0 Å². The molecule has 1 atom stereocenters. The van der Waals surface area contributed by atoms with Crippen molar-refractivity contribution in [3.8, 4) is 0 Å². The van der Waals surface area contributed by atoms with Crippen molar-refractivity contribution in [3.63, 3.8) is 0 Å². The highest BCUT2D eigenvalue weighted by Crippen LogP contribution is 2.44. The van der Waals surface area contributed by atoms with Gasteiger partial charge in [-0.2, -0.15) is 0 Å². The van der Waals surface area contributed by atoms with Gasteiger partial charge in [-0.1, -0.05) is 64.8 Å². The van der Waals surface area contributed by atoms with Crippen molar-refractivity contribution in [2.24, 2.45) is 5.41 Å².